The number of hydrogen-bond acceptors (Lipinski definition) is 3. The van der Waals surface area contributed by atoms with Crippen LogP contribution >= 0.6 is 23.2 Å². The summed E-state index contributed by atoms with van der Waals surface area (Å²) in [7, 11) is 0. The normalized spacial score (nSPS) is 28.7. The summed E-state index contributed by atoms with van der Waals surface area (Å²) in [5.41, 5.74) is 0. The fourth-order valence-electron chi connectivity index (χ4n) is 4.09. The average molecular weight is 328 g/mol. The highest BCUT2D eigenvalue weighted by molar-refractivity contribution is 6.37. The van der Waals surface area contributed by atoms with E-state index in [1.165, 1.54) is 25.7 Å². The molecule has 1 aromatic rings. The van der Waals surface area contributed by atoms with Gasteiger partial charge in [0.15, 0.2) is 0 Å². The predicted octanol–water partition coefficient (Wildman–Crippen LogP) is 5.06. The van der Waals surface area contributed by atoms with E-state index >= 15 is 0 Å². The number of anilines is 2. The minimum absolute atomic E-state index is 0.404. The number of hydrogen-bond donors (Lipinski definition) is 2. The number of pyridine rings is 1. The smallest absolute Gasteiger partial charge is 0.147 e. The summed E-state index contributed by atoms with van der Waals surface area (Å²) in [5.74, 6) is 4.03. The Morgan fingerprint density at radius 1 is 1.24 bits per heavy atom. The van der Waals surface area contributed by atoms with Gasteiger partial charge in [-0.25, -0.2) is 4.98 Å². The van der Waals surface area contributed by atoms with Crippen molar-refractivity contribution in [2.75, 3.05) is 17.2 Å². The number of nitrogens with one attached hydrogen (secondary N) is 2. The maximum atomic E-state index is 6.29. The molecule has 2 N–H and O–H groups in total. The van der Waals surface area contributed by atoms with Crippen molar-refractivity contribution >= 4 is 34.8 Å². The number of halogens is 2. The van der Waals surface area contributed by atoms with Gasteiger partial charge >= 0.3 is 0 Å². The van der Waals surface area contributed by atoms with Crippen LogP contribution in [-0.2, 0) is 0 Å². The Bertz CT molecular complexity index is 520. The van der Waals surface area contributed by atoms with Crippen LogP contribution in [0.15, 0.2) is 6.07 Å². The molecule has 0 saturated heterocycles. The second-order valence-corrected chi connectivity index (χ2v) is 7.27. The number of fused-ring (bicyclic) bond motifs is 2. The summed E-state index contributed by atoms with van der Waals surface area (Å²) >= 11 is 12.5. The molecule has 2 bridgehead atoms. The lowest BCUT2D eigenvalue weighted by molar-refractivity contribution is 0.304. The summed E-state index contributed by atoms with van der Waals surface area (Å²) in [6.07, 6.45) is 5.59. The molecule has 0 aromatic carbocycles. The molecule has 5 heteroatoms. The third-order valence-electron chi connectivity index (χ3n) is 5.07. The van der Waals surface area contributed by atoms with Crippen molar-refractivity contribution in [3.05, 3.63) is 16.1 Å². The monoisotopic (exact) mass is 327 g/mol. The SMILES string of the molecule is CCNc1nc(NC(C)C2CC3CCC2C3)c(Cl)cc1Cl. The van der Waals surface area contributed by atoms with Crippen molar-refractivity contribution in [3.63, 3.8) is 0 Å². The molecule has 0 radical (unpaired) electrons. The highest BCUT2D eigenvalue weighted by atomic mass is 35.5. The molecule has 0 amide bonds. The van der Waals surface area contributed by atoms with Crippen LogP contribution < -0.4 is 10.6 Å². The largest absolute Gasteiger partial charge is 0.369 e. The Kier molecular flexibility index (Phi) is 4.51. The van der Waals surface area contributed by atoms with E-state index in [0.717, 1.165) is 30.1 Å². The molecule has 3 rings (SSSR count). The van der Waals surface area contributed by atoms with E-state index in [-0.39, 0.29) is 0 Å². The van der Waals surface area contributed by atoms with Crippen molar-refractivity contribution in [2.24, 2.45) is 17.8 Å². The van der Waals surface area contributed by atoms with Crippen LogP contribution in [0.5, 0.6) is 0 Å². The van der Waals surface area contributed by atoms with Crippen molar-refractivity contribution in [1.29, 1.82) is 0 Å². The van der Waals surface area contributed by atoms with Gasteiger partial charge in [0, 0.05) is 12.6 Å². The zero-order chi connectivity index (χ0) is 15.0. The van der Waals surface area contributed by atoms with Gasteiger partial charge in [0.2, 0.25) is 0 Å². The zero-order valence-electron chi connectivity index (χ0n) is 12.6. The lowest BCUT2D eigenvalue weighted by Crippen LogP contribution is -2.30. The molecule has 116 valence electrons. The zero-order valence-corrected chi connectivity index (χ0v) is 14.1. The Morgan fingerprint density at radius 3 is 2.62 bits per heavy atom. The van der Waals surface area contributed by atoms with E-state index in [2.05, 4.69) is 22.5 Å². The molecule has 4 unspecified atom stereocenters. The fraction of sp³-hybridized carbons (Fsp3) is 0.688. The first-order valence-electron chi connectivity index (χ1n) is 7.95. The minimum atomic E-state index is 0.404. The van der Waals surface area contributed by atoms with E-state index in [9.17, 15) is 0 Å². The standard InChI is InChI=1S/C16H23Cl2N3/c1-3-19-15-13(17)8-14(18)16(21-15)20-9(2)12-7-10-4-5-11(12)6-10/h8-12H,3-7H2,1-2H3,(H2,19,20,21). The van der Waals surface area contributed by atoms with Crippen LogP contribution in [0, 0.1) is 17.8 Å². The van der Waals surface area contributed by atoms with Gasteiger partial charge in [0.25, 0.3) is 0 Å². The third kappa shape index (κ3) is 3.09. The van der Waals surface area contributed by atoms with E-state index in [4.69, 9.17) is 23.2 Å². The topological polar surface area (TPSA) is 37.0 Å². The average Bonchev–Trinajstić information content (AvgIpc) is 3.06. The van der Waals surface area contributed by atoms with Crippen LogP contribution in [0.2, 0.25) is 10.0 Å². The molecule has 1 aromatic heterocycles. The quantitative estimate of drug-likeness (QED) is 0.793. The molecule has 2 saturated carbocycles. The van der Waals surface area contributed by atoms with Crippen LogP contribution in [0.4, 0.5) is 11.6 Å². The van der Waals surface area contributed by atoms with E-state index in [1.54, 1.807) is 6.07 Å². The number of aromatic nitrogens is 1. The molecule has 0 spiro atoms. The number of rotatable bonds is 5. The van der Waals surface area contributed by atoms with Crippen LogP contribution in [0.25, 0.3) is 0 Å². The molecule has 0 aliphatic heterocycles. The fourth-order valence-corrected chi connectivity index (χ4v) is 4.57. The molecule has 21 heavy (non-hydrogen) atoms. The highest BCUT2D eigenvalue weighted by Gasteiger charge is 2.41. The lowest BCUT2D eigenvalue weighted by atomic mass is 9.84. The third-order valence-corrected chi connectivity index (χ3v) is 5.65. The van der Waals surface area contributed by atoms with Gasteiger partial charge in [-0.15, -0.1) is 0 Å². The van der Waals surface area contributed by atoms with Crippen molar-refractivity contribution in [3.8, 4) is 0 Å². The van der Waals surface area contributed by atoms with E-state index in [1.807, 2.05) is 6.92 Å². The number of nitrogens with zero attached hydrogens (tertiary/aromatic N) is 1. The summed E-state index contributed by atoms with van der Waals surface area (Å²) in [5, 5.41) is 7.86. The molecular formula is C16H23Cl2N3. The first-order chi connectivity index (χ1) is 10.1. The van der Waals surface area contributed by atoms with Gasteiger partial charge in [0.05, 0.1) is 10.0 Å². The van der Waals surface area contributed by atoms with E-state index in [0.29, 0.717) is 21.9 Å². The maximum absolute atomic E-state index is 6.29. The van der Waals surface area contributed by atoms with E-state index < -0.39 is 0 Å². The van der Waals surface area contributed by atoms with Gasteiger partial charge in [-0.05, 0) is 56.9 Å². The Hall–Kier alpha value is -0.670. The molecule has 4 atom stereocenters. The predicted molar refractivity (Wildman–Crippen MR) is 90.4 cm³/mol. The summed E-state index contributed by atoms with van der Waals surface area (Å²) in [4.78, 5) is 4.55. The molecular weight excluding hydrogens is 305 g/mol. The van der Waals surface area contributed by atoms with Gasteiger partial charge in [0.1, 0.15) is 11.6 Å². The van der Waals surface area contributed by atoms with Crippen molar-refractivity contribution in [2.45, 2.75) is 45.6 Å². The maximum Gasteiger partial charge on any atom is 0.147 e. The second kappa shape index (κ2) is 6.21. The lowest BCUT2D eigenvalue weighted by Gasteiger charge is -2.29. The molecule has 1 heterocycles. The molecule has 2 fully saturated rings. The second-order valence-electron chi connectivity index (χ2n) is 6.45. The first-order valence-corrected chi connectivity index (χ1v) is 8.70. The highest BCUT2D eigenvalue weighted by Crippen LogP contribution is 2.50. The van der Waals surface area contributed by atoms with Gasteiger partial charge < -0.3 is 10.6 Å². The summed E-state index contributed by atoms with van der Waals surface area (Å²) < 4.78 is 0. The van der Waals surface area contributed by atoms with Crippen LogP contribution in [0.1, 0.15) is 39.5 Å². The molecule has 2 aliphatic carbocycles. The summed E-state index contributed by atoms with van der Waals surface area (Å²) in [6, 6.07) is 2.17. The van der Waals surface area contributed by atoms with Gasteiger partial charge in [-0.1, -0.05) is 29.6 Å². The first kappa shape index (κ1) is 15.2. The van der Waals surface area contributed by atoms with Gasteiger partial charge in [-0.2, -0.15) is 0 Å². The Morgan fingerprint density at radius 2 is 2.00 bits per heavy atom. The van der Waals surface area contributed by atoms with Crippen molar-refractivity contribution in [1.82, 2.24) is 4.98 Å². The molecule has 2 aliphatic rings. The molecule has 3 nitrogen and oxygen atoms in total. The summed E-state index contributed by atoms with van der Waals surface area (Å²) in [6.45, 7) is 5.07. The van der Waals surface area contributed by atoms with Gasteiger partial charge in [-0.3, -0.25) is 0 Å². The Balaban J connectivity index is 1.73. The van der Waals surface area contributed by atoms with Crippen LogP contribution in [0.3, 0.4) is 0 Å². The minimum Gasteiger partial charge on any atom is -0.369 e. The van der Waals surface area contributed by atoms with Crippen LogP contribution in [-0.4, -0.2) is 17.6 Å². The Labute approximate surface area is 136 Å². The van der Waals surface area contributed by atoms with Crippen molar-refractivity contribution < 1.29 is 0 Å².